The Morgan fingerprint density at radius 3 is 2.94 bits per heavy atom. The van der Waals surface area contributed by atoms with Gasteiger partial charge in [-0.15, -0.1) is 0 Å². The van der Waals surface area contributed by atoms with Crippen LogP contribution < -0.4 is 4.74 Å². The molecule has 0 unspecified atom stereocenters. The second-order valence-electron chi connectivity index (χ2n) is 4.40. The van der Waals surface area contributed by atoms with Crippen LogP contribution in [-0.2, 0) is 4.79 Å². The fraction of sp³-hybridized carbons (Fsp3) is 0.286. The molecule has 1 heterocycles. The van der Waals surface area contributed by atoms with Crippen molar-refractivity contribution in [1.29, 1.82) is 5.26 Å². The van der Waals surface area contributed by atoms with Crippen molar-refractivity contribution in [2.45, 2.75) is 12.8 Å². The lowest BCUT2D eigenvalue weighted by Gasteiger charge is -2.02. The molecule has 1 aromatic carbocycles. The van der Waals surface area contributed by atoms with Gasteiger partial charge < -0.3 is 9.15 Å². The Morgan fingerprint density at radius 2 is 2.22 bits per heavy atom. The van der Waals surface area contributed by atoms with Gasteiger partial charge in [0.1, 0.15) is 18.3 Å². The zero-order chi connectivity index (χ0) is 12.5. The van der Waals surface area contributed by atoms with Gasteiger partial charge in [-0.3, -0.25) is 4.79 Å². The van der Waals surface area contributed by atoms with Crippen LogP contribution >= 0.6 is 0 Å². The number of nitrogens with zero attached hydrogens (tertiary/aromatic N) is 1. The molecule has 0 saturated heterocycles. The van der Waals surface area contributed by atoms with Gasteiger partial charge >= 0.3 is 0 Å². The van der Waals surface area contributed by atoms with Crippen molar-refractivity contribution in [3.05, 3.63) is 30.0 Å². The molecule has 2 aromatic rings. The number of hydrogen-bond acceptors (Lipinski definition) is 4. The summed E-state index contributed by atoms with van der Waals surface area (Å²) in [4.78, 5) is 11.6. The lowest BCUT2D eigenvalue weighted by Crippen LogP contribution is -2.13. The van der Waals surface area contributed by atoms with Crippen LogP contribution in [0.3, 0.4) is 0 Å². The van der Waals surface area contributed by atoms with Gasteiger partial charge in [0, 0.05) is 5.92 Å². The van der Waals surface area contributed by atoms with E-state index in [4.69, 9.17) is 14.4 Å². The van der Waals surface area contributed by atoms with Gasteiger partial charge in [-0.2, -0.15) is 5.26 Å². The number of Topliss-reactive ketones (excluding diaryl/α,β-unsaturated/α-hetero) is 1. The van der Waals surface area contributed by atoms with Crippen LogP contribution in [0.1, 0.15) is 18.6 Å². The molecule has 18 heavy (non-hydrogen) atoms. The van der Waals surface area contributed by atoms with E-state index in [2.05, 4.69) is 0 Å². The molecule has 1 fully saturated rings. The maximum absolute atomic E-state index is 11.6. The number of para-hydroxylation sites is 1. The highest BCUT2D eigenvalue weighted by Gasteiger charge is 2.30. The lowest BCUT2D eigenvalue weighted by atomic mass is 10.2. The quantitative estimate of drug-likeness (QED) is 0.825. The Balaban J connectivity index is 1.89. The number of furan rings is 1. The van der Waals surface area contributed by atoms with Gasteiger partial charge in [0.05, 0.1) is 5.39 Å². The Bertz CT molecular complexity index is 647. The average molecular weight is 241 g/mol. The molecule has 1 aromatic heterocycles. The Labute approximate surface area is 104 Å². The van der Waals surface area contributed by atoms with E-state index in [0.717, 1.165) is 18.2 Å². The van der Waals surface area contributed by atoms with Crippen molar-refractivity contribution in [1.82, 2.24) is 0 Å². The van der Waals surface area contributed by atoms with Crippen LogP contribution in [0, 0.1) is 17.2 Å². The molecule has 1 aliphatic carbocycles. The van der Waals surface area contributed by atoms with Crippen LogP contribution in [0.5, 0.6) is 5.75 Å². The summed E-state index contributed by atoms with van der Waals surface area (Å²) in [6.45, 7) is 0.0167. The van der Waals surface area contributed by atoms with E-state index >= 15 is 0 Å². The summed E-state index contributed by atoms with van der Waals surface area (Å²) in [5.74, 6) is 0.764. The van der Waals surface area contributed by atoms with Crippen molar-refractivity contribution in [2.75, 3.05) is 6.61 Å². The number of fused-ring (bicyclic) bond motifs is 1. The van der Waals surface area contributed by atoms with E-state index in [1.54, 1.807) is 6.07 Å². The van der Waals surface area contributed by atoms with Crippen LogP contribution in [0.2, 0.25) is 0 Å². The summed E-state index contributed by atoms with van der Waals surface area (Å²) in [5, 5.41) is 9.73. The third-order valence-electron chi connectivity index (χ3n) is 3.04. The highest BCUT2D eigenvalue weighted by Crippen LogP contribution is 2.34. The molecular formula is C14H11NO3. The van der Waals surface area contributed by atoms with Crippen LogP contribution in [0.15, 0.2) is 28.7 Å². The van der Waals surface area contributed by atoms with E-state index in [1.807, 2.05) is 24.3 Å². The monoisotopic (exact) mass is 241 g/mol. The first kappa shape index (κ1) is 10.8. The molecule has 1 saturated carbocycles. The second kappa shape index (κ2) is 4.19. The molecule has 4 heteroatoms. The topological polar surface area (TPSA) is 63.2 Å². The molecule has 90 valence electrons. The van der Waals surface area contributed by atoms with Gasteiger partial charge in [-0.1, -0.05) is 12.1 Å². The predicted octanol–water partition coefficient (Wildman–Crippen LogP) is 2.66. The first-order chi connectivity index (χ1) is 8.79. The summed E-state index contributed by atoms with van der Waals surface area (Å²) >= 11 is 0. The number of hydrogen-bond donors (Lipinski definition) is 0. The van der Waals surface area contributed by atoms with Gasteiger partial charge in [-0.05, 0) is 25.0 Å². The standard InChI is InChI=1S/C14H11NO3/c15-7-13-14(17-8-11(16)9-5-6-9)10-3-1-2-4-12(10)18-13/h1-4,9H,5-6,8H2. The summed E-state index contributed by atoms with van der Waals surface area (Å²) < 4.78 is 10.8. The Morgan fingerprint density at radius 1 is 1.44 bits per heavy atom. The predicted molar refractivity (Wildman–Crippen MR) is 64.2 cm³/mol. The van der Waals surface area contributed by atoms with E-state index in [1.165, 1.54) is 0 Å². The molecular weight excluding hydrogens is 230 g/mol. The largest absolute Gasteiger partial charge is 0.480 e. The van der Waals surface area contributed by atoms with E-state index in [-0.39, 0.29) is 24.1 Å². The molecule has 0 amide bonds. The first-order valence-electron chi connectivity index (χ1n) is 5.86. The third kappa shape index (κ3) is 1.84. The number of benzene rings is 1. The van der Waals surface area contributed by atoms with Crippen molar-refractivity contribution in [2.24, 2.45) is 5.92 Å². The Kier molecular flexibility index (Phi) is 2.52. The molecule has 1 aliphatic rings. The highest BCUT2D eigenvalue weighted by atomic mass is 16.5. The van der Waals surface area contributed by atoms with E-state index in [0.29, 0.717) is 11.3 Å². The minimum absolute atomic E-state index is 0.0167. The highest BCUT2D eigenvalue weighted by molar-refractivity contribution is 5.88. The lowest BCUT2D eigenvalue weighted by molar-refractivity contribution is -0.122. The summed E-state index contributed by atoms with van der Waals surface area (Å²) in [5.41, 5.74) is 0.600. The van der Waals surface area contributed by atoms with Crippen molar-refractivity contribution < 1.29 is 13.9 Å². The van der Waals surface area contributed by atoms with E-state index < -0.39 is 0 Å². The summed E-state index contributed by atoms with van der Waals surface area (Å²) in [7, 11) is 0. The van der Waals surface area contributed by atoms with E-state index in [9.17, 15) is 4.79 Å². The van der Waals surface area contributed by atoms with Crippen LogP contribution in [0.4, 0.5) is 0 Å². The van der Waals surface area contributed by atoms with Crippen LogP contribution in [-0.4, -0.2) is 12.4 Å². The number of rotatable bonds is 4. The summed E-state index contributed by atoms with van der Waals surface area (Å²) in [6.07, 6.45) is 1.92. The van der Waals surface area contributed by atoms with Gasteiger partial charge in [0.2, 0.25) is 5.76 Å². The number of ether oxygens (including phenoxy) is 1. The maximum atomic E-state index is 11.6. The van der Waals surface area contributed by atoms with Crippen molar-refractivity contribution in [3.63, 3.8) is 0 Å². The SMILES string of the molecule is N#Cc1oc2ccccc2c1OCC(=O)C1CC1. The maximum Gasteiger partial charge on any atom is 0.246 e. The molecule has 3 rings (SSSR count). The van der Waals surface area contributed by atoms with Gasteiger partial charge in [0.25, 0.3) is 0 Å². The smallest absolute Gasteiger partial charge is 0.246 e. The zero-order valence-corrected chi connectivity index (χ0v) is 9.68. The molecule has 0 spiro atoms. The third-order valence-corrected chi connectivity index (χ3v) is 3.04. The minimum Gasteiger partial charge on any atom is -0.480 e. The number of ketones is 1. The number of carbonyl (C=O) groups excluding carboxylic acids is 1. The van der Waals surface area contributed by atoms with Gasteiger partial charge in [-0.25, -0.2) is 0 Å². The fourth-order valence-electron chi connectivity index (χ4n) is 1.91. The fourth-order valence-corrected chi connectivity index (χ4v) is 1.91. The number of nitriles is 1. The number of carbonyl (C=O) groups is 1. The molecule has 0 atom stereocenters. The second-order valence-corrected chi connectivity index (χ2v) is 4.40. The molecule has 0 N–H and O–H groups in total. The average Bonchev–Trinajstić information content (AvgIpc) is 3.18. The van der Waals surface area contributed by atoms with Crippen molar-refractivity contribution in [3.8, 4) is 11.8 Å². The van der Waals surface area contributed by atoms with Gasteiger partial charge in [0.15, 0.2) is 11.5 Å². The molecule has 0 bridgehead atoms. The molecule has 0 aliphatic heterocycles. The first-order valence-corrected chi connectivity index (χ1v) is 5.86. The Hall–Kier alpha value is -2.28. The van der Waals surface area contributed by atoms with Crippen molar-refractivity contribution >= 4 is 16.8 Å². The minimum atomic E-state index is 0.0167. The zero-order valence-electron chi connectivity index (χ0n) is 9.68. The molecule has 0 radical (unpaired) electrons. The normalized spacial score (nSPS) is 14.4. The molecule has 4 nitrogen and oxygen atoms in total. The van der Waals surface area contributed by atoms with Crippen LogP contribution in [0.25, 0.3) is 11.0 Å². The summed E-state index contributed by atoms with van der Waals surface area (Å²) in [6, 6.07) is 9.20.